The molecule has 0 heterocycles. The van der Waals surface area contributed by atoms with Crippen LogP contribution in [0.3, 0.4) is 0 Å². The molecule has 0 saturated carbocycles. The van der Waals surface area contributed by atoms with Gasteiger partial charge in [0.2, 0.25) is 5.91 Å². The van der Waals surface area contributed by atoms with E-state index in [-0.39, 0.29) is 6.61 Å². The number of hydrogen-bond acceptors (Lipinski definition) is 3. The monoisotopic (exact) mass is 243 g/mol. The van der Waals surface area contributed by atoms with Crippen molar-refractivity contribution in [3.05, 3.63) is 59.7 Å². The second kappa shape index (κ2) is 5.33. The fraction of sp³-hybridized carbons (Fsp3) is 0.0714. The molecule has 0 saturated heterocycles. The Morgan fingerprint density at radius 1 is 1.00 bits per heavy atom. The molecule has 0 aliphatic heterocycles. The molecule has 2 rings (SSSR count). The van der Waals surface area contributed by atoms with Gasteiger partial charge in [0.05, 0.1) is 6.61 Å². The van der Waals surface area contributed by atoms with Crippen molar-refractivity contribution in [1.29, 1.82) is 0 Å². The van der Waals surface area contributed by atoms with Gasteiger partial charge in [0, 0.05) is 5.56 Å². The first-order valence-corrected chi connectivity index (χ1v) is 5.46. The Hall–Kier alpha value is -2.33. The lowest BCUT2D eigenvalue weighted by atomic mass is 10.2. The first kappa shape index (κ1) is 12.1. The quantitative estimate of drug-likeness (QED) is 0.863. The van der Waals surface area contributed by atoms with E-state index < -0.39 is 5.91 Å². The molecule has 0 unspecified atom stereocenters. The maximum Gasteiger partial charge on any atom is 0.248 e. The predicted molar refractivity (Wildman–Crippen MR) is 67.4 cm³/mol. The Labute approximate surface area is 105 Å². The Morgan fingerprint density at radius 2 is 1.50 bits per heavy atom. The third-order valence-electron chi connectivity index (χ3n) is 2.48. The lowest BCUT2D eigenvalue weighted by molar-refractivity contribution is 0.100. The molecule has 0 spiro atoms. The van der Waals surface area contributed by atoms with Gasteiger partial charge in [-0.25, -0.2) is 0 Å². The number of aliphatic hydroxyl groups excluding tert-OH is 1. The summed E-state index contributed by atoms with van der Waals surface area (Å²) in [6.07, 6.45) is 0. The number of rotatable bonds is 4. The predicted octanol–water partition coefficient (Wildman–Crippen LogP) is 2.07. The zero-order chi connectivity index (χ0) is 13.0. The summed E-state index contributed by atoms with van der Waals surface area (Å²) in [5, 5.41) is 8.92. The van der Waals surface area contributed by atoms with Crippen LogP contribution >= 0.6 is 0 Å². The van der Waals surface area contributed by atoms with Crippen molar-refractivity contribution < 1.29 is 14.6 Å². The Kier molecular flexibility index (Phi) is 3.60. The van der Waals surface area contributed by atoms with Crippen LogP contribution in [-0.2, 0) is 6.61 Å². The molecule has 0 atom stereocenters. The minimum absolute atomic E-state index is 0.00753. The molecule has 0 radical (unpaired) electrons. The molecule has 2 aromatic rings. The highest BCUT2D eigenvalue weighted by Gasteiger charge is 2.01. The van der Waals surface area contributed by atoms with Gasteiger partial charge in [-0.1, -0.05) is 12.1 Å². The van der Waals surface area contributed by atoms with Crippen molar-refractivity contribution in [3.63, 3.8) is 0 Å². The van der Waals surface area contributed by atoms with Crippen molar-refractivity contribution in [3.8, 4) is 11.5 Å². The van der Waals surface area contributed by atoms with Gasteiger partial charge in [0.25, 0.3) is 0 Å². The van der Waals surface area contributed by atoms with E-state index in [1.807, 2.05) is 0 Å². The van der Waals surface area contributed by atoms with Crippen molar-refractivity contribution in [2.24, 2.45) is 5.73 Å². The average Bonchev–Trinajstić information content (AvgIpc) is 2.40. The van der Waals surface area contributed by atoms with E-state index in [9.17, 15) is 4.79 Å². The van der Waals surface area contributed by atoms with E-state index in [2.05, 4.69) is 0 Å². The third-order valence-corrected chi connectivity index (χ3v) is 2.48. The van der Waals surface area contributed by atoms with Crippen LogP contribution < -0.4 is 10.5 Å². The topological polar surface area (TPSA) is 72.6 Å². The van der Waals surface area contributed by atoms with Crippen molar-refractivity contribution in [1.82, 2.24) is 0 Å². The standard InChI is InChI=1S/C14H13NO3/c15-14(17)11-3-7-13(8-4-11)18-12-5-1-10(9-16)2-6-12/h1-8,16H,9H2,(H2,15,17). The molecule has 4 heteroatoms. The molecule has 1 amide bonds. The molecule has 0 bridgehead atoms. The molecule has 92 valence electrons. The zero-order valence-electron chi connectivity index (χ0n) is 9.67. The highest BCUT2D eigenvalue weighted by Crippen LogP contribution is 2.21. The second-order valence-electron chi connectivity index (χ2n) is 3.79. The van der Waals surface area contributed by atoms with Crippen LogP contribution in [0.5, 0.6) is 11.5 Å². The highest BCUT2D eigenvalue weighted by atomic mass is 16.5. The number of carbonyl (C=O) groups excluding carboxylic acids is 1. The van der Waals surface area contributed by atoms with Gasteiger partial charge in [-0.05, 0) is 42.0 Å². The summed E-state index contributed by atoms with van der Waals surface area (Å²) in [4.78, 5) is 10.9. The summed E-state index contributed by atoms with van der Waals surface area (Å²) in [5.74, 6) is 0.824. The van der Waals surface area contributed by atoms with Crippen molar-refractivity contribution in [2.45, 2.75) is 6.61 Å². The van der Waals surface area contributed by atoms with Gasteiger partial charge in [-0.15, -0.1) is 0 Å². The molecule has 0 aliphatic carbocycles. The number of nitrogens with two attached hydrogens (primary N) is 1. The summed E-state index contributed by atoms with van der Waals surface area (Å²) in [6, 6.07) is 13.7. The molecule has 0 aliphatic rings. The molecule has 0 aromatic heterocycles. The first-order valence-electron chi connectivity index (χ1n) is 5.46. The highest BCUT2D eigenvalue weighted by molar-refractivity contribution is 5.92. The fourth-order valence-electron chi connectivity index (χ4n) is 1.49. The molecular weight excluding hydrogens is 230 g/mol. The van der Waals surface area contributed by atoms with Crippen LogP contribution in [0.25, 0.3) is 0 Å². The molecule has 18 heavy (non-hydrogen) atoms. The van der Waals surface area contributed by atoms with Gasteiger partial charge in [0.15, 0.2) is 0 Å². The summed E-state index contributed by atoms with van der Waals surface area (Å²) >= 11 is 0. The Morgan fingerprint density at radius 3 is 1.94 bits per heavy atom. The number of carbonyl (C=O) groups is 1. The van der Waals surface area contributed by atoms with Crippen LogP contribution in [0.4, 0.5) is 0 Å². The van der Waals surface area contributed by atoms with E-state index >= 15 is 0 Å². The number of hydrogen-bond donors (Lipinski definition) is 2. The normalized spacial score (nSPS) is 10.1. The number of amides is 1. The van der Waals surface area contributed by atoms with Gasteiger partial charge in [-0.2, -0.15) is 0 Å². The summed E-state index contributed by atoms with van der Waals surface area (Å²) < 4.78 is 5.58. The summed E-state index contributed by atoms with van der Waals surface area (Å²) in [6.45, 7) is 0.00753. The van der Waals surface area contributed by atoms with Crippen LogP contribution in [-0.4, -0.2) is 11.0 Å². The fourth-order valence-corrected chi connectivity index (χ4v) is 1.49. The molecule has 4 nitrogen and oxygen atoms in total. The average molecular weight is 243 g/mol. The van der Waals surface area contributed by atoms with E-state index in [4.69, 9.17) is 15.6 Å². The maximum absolute atomic E-state index is 10.9. The van der Waals surface area contributed by atoms with E-state index in [0.717, 1.165) is 5.56 Å². The van der Waals surface area contributed by atoms with E-state index in [0.29, 0.717) is 17.1 Å². The van der Waals surface area contributed by atoms with Gasteiger partial charge in [0.1, 0.15) is 11.5 Å². The molecular formula is C14H13NO3. The van der Waals surface area contributed by atoms with Gasteiger partial charge < -0.3 is 15.6 Å². The smallest absolute Gasteiger partial charge is 0.248 e. The van der Waals surface area contributed by atoms with Crippen LogP contribution in [0.15, 0.2) is 48.5 Å². The van der Waals surface area contributed by atoms with Crippen molar-refractivity contribution >= 4 is 5.91 Å². The Balaban J connectivity index is 2.10. The number of aliphatic hydroxyl groups is 1. The number of primary amides is 1. The molecule has 0 fully saturated rings. The minimum atomic E-state index is -0.464. The van der Waals surface area contributed by atoms with E-state index in [1.54, 1.807) is 48.5 Å². The maximum atomic E-state index is 10.9. The van der Waals surface area contributed by atoms with Gasteiger partial charge in [-0.3, -0.25) is 4.79 Å². The van der Waals surface area contributed by atoms with E-state index in [1.165, 1.54) is 0 Å². The number of benzene rings is 2. The summed E-state index contributed by atoms with van der Waals surface area (Å²) in [7, 11) is 0. The molecule has 2 aromatic carbocycles. The largest absolute Gasteiger partial charge is 0.457 e. The van der Waals surface area contributed by atoms with Crippen LogP contribution in [0, 0.1) is 0 Å². The SMILES string of the molecule is NC(=O)c1ccc(Oc2ccc(CO)cc2)cc1. The minimum Gasteiger partial charge on any atom is -0.457 e. The second-order valence-corrected chi connectivity index (χ2v) is 3.79. The Bertz CT molecular complexity index is 532. The summed E-state index contributed by atoms with van der Waals surface area (Å²) in [5.41, 5.74) is 6.41. The lowest BCUT2D eigenvalue weighted by Crippen LogP contribution is -2.10. The van der Waals surface area contributed by atoms with Crippen LogP contribution in [0.2, 0.25) is 0 Å². The van der Waals surface area contributed by atoms with Gasteiger partial charge >= 0.3 is 0 Å². The zero-order valence-corrected chi connectivity index (χ0v) is 9.67. The van der Waals surface area contributed by atoms with Crippen LogP contribution in [0.1, 0.15) is 15.9 Å². The van der Waals surface area contributed by atoms with Crippen molar-refractivity contribution in [2.75, 3.05) is 0 Å². The number of ether oxygens (including phenoxy) is 1. The lowest BCUT2D eigenvalue weighted by Gasteiger charge is -2.06. The molecule has 3 N–H and O–H groups in total. The third kappa shape index (κ3) is 2.87. The first-order chi connectivity index (χ1) is 8.69.